The van der Waals surface area contributed by atoms with E-state index < -0.39 is 23.4 Å². The average Bonchev–Trinajstić information content (AvgIpc) is 2.83. The summed E-state index contributed by atoms with van der Waals surface area (Å²) in [5.41, 5.74) is 1.21. The maximum Gasteiger partial charge on any atom is 0.341 e. The lowest BCUT2D eigenvalue weighted by atomic mass is 10.0. The number of nitrogens with zero attached hydrogens (tertiary/aromatic N) is 2. The summed E-state index contributed by atoms with van der Waals surface area (Å²) in [6.07, 6.45) is 0.600. The molecule has 2 aliphatic heterocycles. The summed E-state index contributed by atoms with van der Waals surface area (Å²) >= 11 is 0. The molecule has 0 spiro atoms. The summed E-state index contributed by atoms with van der Waals surface area (Å²) in [6, 6.07) is 11.2. The van der Waals surface area contributed by atoms with E-state index in [4.69, 9.17) is 14.2 Å². The Kier molecular flexibility index (Phi) is 6.50. The molecule has 2 aliphatic rings. The van der Waals surface area contributed by atoms with Crippen LogP contribution in [-0.2, 0) is 14.3 Å². The number of hydrogen-bond acceptors (Lipinski definition) is 8. The normalized spacial score (nSPS) is 17.6. The maximum absolute atomic E-state index is 12.8. The van der Waals surface area contributed by atoms with Gasteiger partial charge in [-0.05, 0) is 12.1 Å². The first kappa shape index (κ1) is 21.6. The molecule has 1 N–H and O–H groups in total. The third-order valence-electron chi connectivity index (χ3n) is 5.39. The number of morpholine rings is 1. The second-order valence-corrected chi connectivity index (χ2v) is 7.43. The van der Waals surface area contributed by atoms with Crippen LogP contribution >= 0.6 is 0 Å². The average molecular weight is 441 g/mol. The lowest BCUT2D eigenvalue weighted by Crippen LogP contribution is -2.37. The van der Waals surface area contributed by atoms with Gasteiger partial charge in [0.05, 0.1) is 42.0 Å². The first-order valence-corrected chi connectivity index (χ1v) is 10.3. The fourth-order valence-corrected chi connectivity index (χ4v) is 3.82. The molecule has 4 rings (SSSR count). The van der Waals surface area contributed by atoms with Gasteiger partial charge in [0.15, 0.2) is 6.61 Å². The molecule has 10 heteroatoms. The number of ether oxygens (including phenoxy) is 3. The Labute approximate surface area is 184 Å². The molecule has 0 aliphatic carbocycles. The summed E-state index contributed by atoms with van der Waals surface area (Å²) in [4.78, 5) is 37.8. The summed E-state index contributed by atoms with van der Waals surface area (Å²) in [7, 11) is 0. The van der Waals surface area contributed by atoms with Crippen LogP contribution in [0.3, 0.4) is 0 Å². The quantitative estimate of drug-likeness (QED) is 0.412. The molecule has 2 heterocycles. The van der Waals surface area contributed by atoms with Crippen molar-refractivity contribution in [1.82, 2.24) is 5.32 Å². The van der Waals surface area contributed by atoms with Gasteiger partial charge in [0.1, 0.15) is 5.75 Å². The predicted molar refractivity (Wildman–Crippen MR) is 114 cm³/mol. The van der Waals surface area contributed by atoms with Crippen molar-refractivity contribution in [2.24, 2.45) is 0 Å². The Morgan fingerprint density at radius 3 is 2.72 bits per heavy atom. The largest absolute Gasteiger partial charge is 0.493 e. The molecule has 1 saturated heterocycles. The summed E-state index contributed by atoms with van der Waals surface area (Å²) in [5.74, 6) is -0.538. The van der Waals surface area contributed by atoms with E-state index in [-0.39, 0.29) is 17.3 Å². The fourth-order valence-electron chi connectivity index (χ4n) is 3.82. The number of nitro groups is 1. The Morgan fingerprint density at radius 2 is 1.94 bits per heavy atom. The third kappa shape index (κ3) is 4.80. The maximum atomic E-state index is 12.8. The molecule has 1 unspecified atom stereocenters. The van der Waals surface area contributed by atoms with Gasteiger partial charge in [0, 0.05) is 37.2 Å². The standard InChI is InChI=1S/C22H23N3O7/c26-21(23-18-7-10-31-20-4-2-1-3-16(18)20)14-32-22(27)17-13-15(25(28)29)5-6-19(17)24-8-11-30-12-9-24/h1-6,13,18H,7-12,14H2,(H,23,26). The highest BCUT2D eigenvalue weighted by Gasteiger charge is 2.25. The number of benzene rings is 2. The van der Waals surface area contributed by atoms with Crippen molar-refractivity contribution < 1.29 is 28.7 Å². The number of fused-ring (bicyclic) bond motifs is 1. The number of rotatable bonds is 6. The predicted octanol–water partition coefficient (Wildman–Crippen LogP) is 2.23. The first-order chi connectivity index (χ1) is 15.5. The Morgan fingerprint density at radius 1 is 1.16 bits per heavy atom. The van der Waals surface area contributed by atoms with E-state index in [0.29, 0.717) is 50.8 Å². The minimum absolute atomic E-state index is 0.0466. The zero-order valence-corrected chi connectivity index (χ0v) is 17.3. The van der Waals surface area contributed by atoms with Crippen molar-refractivity contribution in [3.63, 3.8) is 0 Å². The lowest BCUT2D eigenvalue weighted by molar-refractivity contribution is -0.384. The van der Waals surface area contributed by atoms with Crippen LogP contribution in [-0.4, -0.2) is 56.3 Å². The van der Waals surface area contributed by atoms with Gasteiger partial charge in [0.2, 0.25) is 0 Å². The molecule has 1 amide bonds. The number of esters is 1. The topological polar surface area (TPSA) is 120 Å². The molecule has 32 heavy (non-hydrogen) atoms. The number of anilines is 1. The van der Waals surface area contributed by atoms with E-state index in [0.717, 1.165) is 5.56 Å². The summed E-state index contributed by atoms with van der Waals surface area (Å²) < 4.78 is 16.1. The van der Waals surface area contributed by atoms with Crippen LogP contribution in [0.15, 0.2) is 42.5 Å². The van der Waals surface area contributed by atoms with E-state index in [9.17, 15) is 19.7 Å². The molecule has 0 saturated carbocycles. The Bertz CT molecular complexity index is 1020. The van der Waals surface area contributed by atoms with Crippen molar-refractivity contribution >= 4 is 23.3 Å². The monoisotopic (exact) mass is 441 g/mol. The smallest absolute Gasteiger partial charge is 0.341 e. The van der Waals surface area contributed by atoms with Gasteiger partial charge in [-0.2, -0.15) is 0 Å². The molecule has 0 radical (unpaired) electrons. The van der Waals surface area contributed by atoms with Crippen molar-refractivity contribution in [1.29, 1.82) is 0 Å². The van der Waals surface area contributed by atoms with Crippen LogP contribution in [0.1, 0.15) is 28.4 Å². The molecule has 1 fully saturated rings. The number of hydrogen-bond donors (Lipinski definition) is 1. The highest BCUT2D eigenvalue weighted by Crippen LogP contribution is 2.31. The van der Waals surface area contributed by atoms with E-state index in [1.807, 2.05) is 29.2 Å². The highest BCUT2D eigenvalue weighted by atomic mass is 16.6. The summed E-state index contributed by atoms with van der Waals surface area (Å²) in [5, 5.41) is 14.1. The fraction of sp³-hybridized carbons (Fsp3) is 0.364. The van der Waals surface area contributed by atoms with E-state index >= 15 is 0 Å². The van der Waals surface area contributed by atoms with Gasteiger partial charge in [-0.25, -0.2) is 4.79 Å². The molecule has 0 bridgehead atoms. The number of para-hydroxylation sites is 1. The van der Waals surface area contributed by atoms with Gasteiger partial charge >= 0.3 is 5.97 Å². The van der Waals surface area contributed by atoms with Gasteiger partial charge in [-0.1, -0.05) is 18.2 Å². The van der Waals surface area contributed by atoms with Crippen LogP contribution in [0.2, 0.25) is 0 Å². The van der Waals surface area contributed by atoms with E-state index in [1.54, 1.807) is 0 Å². The number of nitro benzene ring substituents is 1. The van der Waals surface area contributed by atoms with Crippen molar-refractivity contribution in [2.75, 3.05) is 44.4 Å². The van der Waals surface area contributed by atoms with E-state index in [2.05, 4.69) is 5.32 Å². The first-order valence-electron chi connectivity index (χ1n) is 10.3. The molecule has 2 aromatic carbocycles. The number of amides is 1. The van der Waals surface area contributed by atoms with Gasteiger partial charge in [-0.3, -0.25) is 14.9 Å². The highest BCUT2D eigenvalue weighted by molar-refractivity contribution is 5.97. The molecule has 168 valence electrons. The zero-order valence-electron chi connectivity index (χ0n) is 17.3. The van der Waals surface area contributed by atoms with Gasteiger partial charge in [-0.15, -0.1) is 0 Å². The number of carbonyl (C=O) groups is 2. The van der Waals surface area contributed by atoms with E-state index in [1.165, 1.54) is 18.2 Å². The van der Waals surface area contributed by atoms with Crippen LogP contribution in [0.25, 0.3) is 0 Å². The molecule has 10 nitrogen and oxygen atoms in total. The second kappa shape index (κ2) is 9.65. The van der Waals surface area contributed by atoms with Crippen LogP contribution in [0.4, 0.5) is 11.4 Å². The SMILES string of the molecule is O=C(COC(=O)c1cc([N+](=O)[O-])ccc1N1CCOCC1)NC1CCOc2ccccc21. The van der Waals surface area contributed by atoms with Gasteiger partial charge in [0.25, 0.3) is 11.6 Å². The summed E-state index contributed by atoms with van der Waals surface area (Å²) in [6.45, 7) is 2.03. The van der Waals surface area contributed by atoms with Crippen molar-refractivity contribution in [3.05, 3.63) is 63.7 Å². The lowest BCUT2D eigenvalue weighted by Gasteiger charge is -2.30. The minimum Gasteiger partial charge on any atom is -0.493 e. The van der Waals surface area contributed by atoms with Crippen LogP contribution in [0, 0.1) is 10.1 Å². The van der Waals surface area contributed by atoms with Crippen LogP contribution < -0.4 is 15.0 Å². The minimum atomic E-state index is -0.794. The molecular formula is C22H23N3O7. The Balaban J connectivity index is 1.44. The molecule has 1 atom stereocenters. The zero-order chi connectivity index (χ0) is 22.5. The van der Waals surface area contributed by atoms with Crippen molar-refractivity contribution in [3.8, 4) is 5.75 Å². The molecular weight excluding hydrogens is 418 g/mol. The second-order valence-electron chi connectivity index (χ2n) is 7.43. The van der Waals surface area contributed by atoms with Gasteiger partial charge < -0.3 is 24.4 Å². The van der Waals surface area contributed by atoms with Crippen molar-refractivity contribution in [2.45, 2.75) is 12.5 Å². The Hall–Kier alpha value is -3.66. The third-order valence-corrected chi connectivity index (χ3v) is 5.39. The number of nitrogens with one attached hydrogen (secondary N) is 1. The molecule has 0 aromatic heterocycles. The van der Waals surface area contributed by atoms with Crippen LogP contribution in [0.5, 0.6) is 5.75 Å². The molecule has 2 aromatic rings. The number of non-ortho nitro benzene ring substituents is 1. The number of carbonyl (C=O) groups excluding carboxylic acids is 2.